The number of methoxy groups -OCH3 is 1. The van der Waals surface area contributed by atoms with Gasteiger partial charge in [0.05, 0.1) is 18.6 Å². The topological polar surface area (TPSA) is 91.4 Å². The fourth-order valence-electron chi connectivity index (χ4n) is 2.57. The highest BCUT2D eigenvalue weighted by Gasteiger charge is 2.41. The molecule has 2 amide bonds. The first-order valence-corrected chi connectivity index (χ1v) is 8.69. The molecule has 8 nitrogen and oxygen atoms in total. The van der Waals surface area contributed by atoms with Crippen molar-refractivity contribution >= 4 is 35.0 Å². The van der Waals surface area contributed by atoms with E-state index in [1.807, 2.05) is 0 Å². The molecule has 0 unspecified atom stereocenters. The summed E-state index contributed by atoms with van der Waals surface area (Å²) in [5.74, 6) is 0.284. The number of benzene rings is 1. The lowest BCUT2D eigenvalue weighted by atomic mass is 10.1. The molecule has 1 saturated heterocycles. The predicted octanol–water partition coefficient (Wildman–Crippen LogP) is 2.41. The number of imide groups is 1. The Bertz CT molecular complexity index is 805. The molecule has 1 fully saturated rings. The highest BCUT2D eigenvalue weighted by atomic mass is 32.2. The molecular weight excluding hydrogens is 362 g/mol. The normalized spacial score (nSPS) is 18.4. The van der Waals surface area contributed by atoms with E-state index in [-0.39, 0.29) is 18.3 Å². The van der Waals surface area contributed by atoms with E-state index in [0.717, 1.165) is 16.7 Å². The smallest absolute Gasteiger partial charge is 0.329 e. The molecule has 0 spiro atoms. The summed E-state index contributed by atoms with van der Waals surface area (Å²) in [5.41, 5.74) is 0.611. The number of thioether (sulfide) groups is 1. The van der Waals surface area contributed by atoms with E-state index in [9.17, 15) is 14.4 Å². The van der Waals surface area contributed by atoms with Gasteiger partial charge in [0.1, 0.15) is 6.04 Å². The Morgan fingerprint density at radius 3 is 2.85 bits per heavy atom. The second-order valence-corrected chi connectivity index (χ2v) is 6.43. The number of rotatable bonds is 5. The van der Waals surface area contributed by atoms with Gasteiger partial charge in [0, 0.05) is 0 Å². The average molecular weight is 379 g/mol. The van der Waals surface area contributed by atoms with Gasteiger partial charge in [0.2, 0.25) is 12.5 Å². The van der Waals surface area contributed by atoms with Gasteiger partial charge in [0.25, 0.3) is 11.1 Å². The predicted molar refractivity (Wildman–Crippen MR) is 93.0 cm³/mol. The molecule has 138 valence electrons. The maximum atomic E-state index is 12.6. The average Bonchev–Trinajstić information content (AvgIpc) is 3.18. The number of amides is 2. The number of carbonyl (C=O) groups is 3. The fourth-order valence-corrected chi connectivity index (χ4v) is 3.47. The quantitative estimate of drug-likeness (QED) is 0.569. The van der Waals surface area contributed by atoms with Crippen LogP contribution in [0.5, 0.6) is 17.2 Å². The Labute approximate surface area is 154 Å². The molecule has 9 heteroatoms. The van der Waals surface area contributed by atoms with Gasteiger partial charge in [0.15, 0.2) is 11.5 Å². The molecule has 0 aromatic heterocycles. The lowest BCUT2D eigenvalue weighted by Crippen LogP contribution is -2.42. The van der Waals surface area contributed by atoms with Crippen molar-refractivity contribution in [1.29, 1.82) is 0 Å². The van der Waals surface area contributed by atoms with Crippen LogP contribution in [0.1, 0.15) is 19.4 Å². The van der Waals surface area contributed by atoms with E-state index < -0.39 is 23.2 Å². The number of fused-ring (bicyclic) bond motifs is 1. The van der Waals surface area contributed by atoms with Gasteiger partial charge in [-0.05, 0) is 49.4 Å². The van der Waals surface area contributed by atoms with Gasteiger partial charge in [-0.15, -0.1) is 0 Å². The summed E-state index contributed by atoms with van der Waals surface area (Å²) in [6.45, 7) is 3.38. The van der Waals surface area contributed by atoms with Crippen molar-refractivity contribution in [2.24, 2.45) is 0 Å². The van der Waals surface area contributed by atoms with Crippen LogP contribution in [0, 0.1) is 0 Å². The van der Waals surface area contributed by atoms with Gasteiger partial charge in [-0.1, -0.05) is 0 Å². The van der Waals surface area contributed by atoms with Crippen LogP contribution in [0.3, 0.4) is 0 Å². The Morgan fingerprint density at radius 2 is 2.15 bits per heavy atom. The van der Waals surface area contributed by atoms with E-state index in [1.165, 1.54) is 14.0 Å². The Balaban J connectivity index is 1.88. The third-order valence-electron chi connectivity index (χ3n) is 3.82. The van der Waals surface area contributed by atoms with Gasteiger partial charge in [-0.3, -0.25) is 14.5 Å². The SMILES string of the molecule is CCOC(=O)[C@H](C)N1C(=O)S/C(=C/c2cc(OC)c3c(c2)OCO3)C1=O. The third-order valence-corrected chi connectivity index (χ3v) is 4.70. The van der Waals surface area contributed by atoms with E-state index in [1.54, 1.807) is 25.1 Å². The molecule has 1 atom stereocenters. The van der Waals surface area contributed by atoms with Crippen molar-refractivity contribution in [3.05, 3.63) is 22.6 Å². The number of carbonyl (C=O) groups excluding carboxylic acids is 3. The second kappa shape index (κ2) is 7.28. The van der Waals surface area contributed by atoms with E-state index in [0.29, 0.717) is 22.8 Å². The number of ether oxygens (including phenoxy) is 4. The maximum Gasteiger partial charge on any atom is 0.329 e. The first-order chi connectivity index (χ1) is 12.5. The lowest BCUT2D eigenvalue weighted by molar-refractivity contribution is -0.150. The standard InChI is InChI=1S/C17H17NO7S/c1-4-23-16(20)9(2)18-15(19)13(26-17(18)21)7-10-5-11(22-3)14-12(6-10)24-8-25-14/h5-7,9H,4,8H2,1-3H3/b13-7+/t9-/m0/s1. The summed E-state index contributed by atoms with van der Waals surface area (Å²) >= 11 is 0.765. The first-order valence-electron chi connectivity index (χ1n) is 7.87. The molecule has 0 saturated carbocycles. The van der Waals surface area contributed by atoms with E-state index in [2.05, 4.69) is 0 Å². The van der Waals surface area contributed by atoms with Crippen LogP contribution in [-0.4, -0.2) is 48.6 Å². The van der Waals surface area contributed by atoms with Crippen LogP contribution in [-0.2, 0) is 14.3 Å². The molecule has 0 radical (unpaired) electrons. The van der Waals surface area contributed by atoms with Gasteiger partial charge in [-0.25, -0.2) is 4.79 Å². The molecule has 2 aliphatic heterocycles. The minimum absolute atomic E-state index is 0.0860. The van der Waals surface area contributed by atoms with Crippen molar-refractivity contribution in [3.63, 3.8) is 0 Å². The van der Waals surface area contributed by atoms with Crippen molar-refractivity contribution in [3.8, 4) is 17.2 Å². The van der Waals surface area contributed by atoms with Gasteiger partial charge >= 0.3 is 5.97 Å². The van der Waals surface area contributed by atoms with Crippen LogP contribution in [0.15, 0.2) is 17.0 Å². The minimum Gasteiger partial charge on any atom is -0.493 e. The summed E-state index contributed by atoms with van der Waals surface area (Å²) in [4.78, 5) is 37.7. The zero-order chi connectivity index (χ0) is 18.8. The third kappa shape index (κ3) is 3.22. The Morgan fingerprint density at radius 1 is 1.38 bits per heavy atom. The molecule has 2 aliphatic rings. The van der Waals surface area contributed by atoms with Crippen LogP contribution in [0.25, 0.3) is 6.08 Å². The summed E-state index contributed by atoms with van der Waals surface area (Å²) < 4.78 is 20.8. The van der Waals surface area contributed by atoms with E-state index in [4.69, 9.17) is 18.9 Å². The monoisotopic (exact) mass is 379 g/mol. The highest BCUT2D eigenvalue weighted by molar-refractivity contribution is 8.18. The number of esters is 1. The molecule has 0 bridgehead atoms. The van der Waals surface area contributed by atoms with Crippen molar-refractivity contribution in [2.75, 3.05) is 20.5 Å². The van der Waals surface area contributed by atoms with Crippen molar-refractivity contribution < 1.29 is 33.3 Å². The number of hydrogen-bond donors (Lipinski definition) is 0. The van der Waals surface area contributed by atoms with Gasteiger partial charge < -0.3 is 18.9 Å². The van der Waals surface area contributed by atoms with Crippen LogP contribution >= 0.6 is 11.8 Å². The Kier molecular flexibility index (Phi) is 5.08. The minimum atomic E-state index is -0.986. The first kappa shape index (κ1) is 18.1. The summed E-state index contributed by atoms with van der Waals surface area (Å²) in [6.07, 6.45) is 1.55. The summed E-state index contributed by atoms with van der Waals surface area (Å²) in [7, 11) is 1.50. The molecule has 0 aliphatic carbocycles. The summed E-state index contributed by atoms with van der Waals surface area (Å²) in [6, 6.07) is 2.38. The lowest BCUT2D eigenvalue weighted by Gasteiger charge is -2.19. The number of nitrogens with zero attached hydrogens (tertiary/aromatic N) is 1. The highest BCUT2D eigenvalue weighted by Crippen LogP contribution is 2.43. The second-order valence-electron chi connectivity index (χ2n) is 5.44. The molecular formula is C17H17NO7S. The Hall–Kier alpha value is -2.68. The maximum absolute atomic E-state index is 12.6. The van der Waals surface area contributed by atoms with Crippen molar-refractivity contribution in [1.82, 2.24) is 4.90 Å². The molecule has 26 heavy (non-hydrogen) atoms. The van der Waals surface area contributed by atoms with Crippen LogP contribution < -0.4 is 14.2 Å². The molecule has 2 heterocycles. The summed E-state index contributed by atoms with van der Waals surface area (Å²) in [5, 5.41) is -0.519. The fraction of sp³-hybridized carbons (Fsp3) is 0.353. The largest absolute Gasteiger partial charge is 0.493 e. The van der Waals surface area contributed by atoms with Crippen LogP contribution in [0.4, 0.5) is 4.79 Å². The molecule has 0 N–H and O–H groups in total. The molecule has 3 rings (SSSR count). The number of hydrogen-bond acceptors (Lipinski definition) is 8. The molecule has 1 aromatic rings. The van der Waals surface area contributed by atoms with Crippen molar-refractivity contribution in [2.45, 2.75) is 19.9 Å². The zero-order valence-corrected chi connectivity index (χ0v) is 15.3. The van der Waals surface area contributed by atoms with E-state index >= 15 is 0 Å². The molecule has 1 aromatic carbocycles. The zero-order valence-electron chi connectivity index (χ0n) is 14.4. The van der Waals surface area contributed by atoms with Gasteiger partial charge in [-0.2, -0.15) is 0 Å². The van der Waals surface area contributed by atoms with Crippen LogP contribution in [0.2, 0.25) is 0 Å².